The van der Waals surface area contributed by atoms with Crippen molar-refractivity contribution in [2.45, 2.75) is 20.8 Å². The molecule has 0 saturated carbocycles. The maximum atomic E-state index is 5.92. The first-order valence-corrected chi connectivity index (χ1v) is 5.45. The highest BCUT2D eigenvalue weighted by atomic mass is 16.5. The van der Waals surface area contributed by atoms with E-state index in [4.69, 9.17) is 15.2 Å². The van der Waals surface area contributed by atoms with Crippen LogP contribution < -0.4 is 15.2 Å². The Bertz CT molecular complexity index is 420. The van der Waals surface area contributed by atoms with E-state index in [1.54, 1.807) is 20.3 Å². The summed E-state index contributed by atoms with van der Waals surface area (Å²) < 4.78 is 10.4. The molecule has 1 aromatic rings. The number of amidine groups is 1. The minimum absolute atomic E-state index is 0.146. The Hall–Kier alpha value is -1.71. The summed E-state index contributed by atoms with van der Waals surface area (Å²) in [5.41, 5.74) is 6.54. The van der Waals surface area contributed by atoms with Crippen LogP contribution in [0.4, 0.5) is 5.69 Å². The first-order chi connectivity index (χ1) is 7.88. The van der Waals surface area contributed by atoms with Gasteiger partial charge in [0.15, 0.2) is 11.5 Å². The first kappa shape index (κ1) is 13.4. The lowest BCUT2D eigenvalue weighted by Crippen LogP contribution is -2.28. The molecule has 1 rings (SSSR count). The molecular weight excluding hydrogens is 216 g/mol. The number of nitrogens with two attached hydrogens (primary N) is 1. The molecule has 0 bridgehead atoms. The van der Waals surface area contributed by atoms with Gasteiger partial charge in [0.1, 0.15) is 5.84 Å². The van der Waals surface area contributed by atoms with E-state index in [0.717, 1.165) is 5.69 Å². The van der Waals surface area contributed by atoms with Crippen molar-refractivity contribution < 1.29 is 9.47 Å². The molecule has 17 heavy (non-hydrogen) atoms. The van der Waals surface area contributed by atoms with Gasteiger partial charge in [0, 0.05) is 11.5 Å². The molecule has 4 nitrogen and oxygen atoms in total. The van der Waals surface area contributed by atoms with Crippen LogP contribution >= 0.6 is 0 Å². The second-order valence-electron chi connectivity index (χ2n) is 4.79. The number of hydrogen-bond donors (Lipinski definition) is 1. The van der Waals surface area contributed by atoms with Gasteiger partial charge in [0.25, 0.3) is 0 Å². The molecule has 0 aliphatic heterocycles. The number of ether oxygens (including phenoxy) is 2. The molecule has 4 heteroatoms. The molecule has 0 aliphatic carbocycles. The molecule has 0 unspecified atom stereocenters. The summed E-state index contributed by atoms with van der Waals surface area (Å²) in [5.74, 6) is 1.92. The number of aliphatic imine (C=N–C) groups is 1. The molecule has 0 aliphatic rings. The lowest BCUT2D eigenvalue weighted by atomic mass is 9.95. The highest BCUT2D eigenvalue weighted by molar-refractivity contribution is 5.87. The van der Waals surface area contributed by atoms with Crippen molar-refractivity contribution in [3.05, 3.63) is 18.2 Å². The van der Waals surface area contributed by atoms with E-state index < -0.39 is 0 Å². The third-order valence-electron chi connectivity index (χ3n) is 2.39. The summed E-state index contributed by atoms with van der Waals surface area (Å²) >= 11 is 0. The SMILES string of the molecule is COc1ccc(N=C(N)C(C)(C)C)cc1OC. The Morgan fingerprint density at radius 3 is 2.18 bits per heavy atom. The van der Waals surface area contributed by atoms with Crippen molar-refractivity contribution >= 4 is 11.5 Å². The fourth-order valence-electron chi connectivity index (χ4n) is 1.20. The Kier molecular flexibility index (Phi) is 3.99. The Morgan fingerprint density at radius 2 is 1.71 bits per heavy atom. The summed E-state index contributed by atoms with van der Waals surface area (Å²) in [6.07, 6.45) is 0. The molecule has 0 heterocycles. The fourth-order valence-corrected chi connectivity index (χ4v) is 1.20. The van der Waals surface area contributed by atoms with Gasteiger partial charge in [0.2, 0.25) is 0 Å². The summed E-state index contributed by atoms with van der Waals surface area (Å²) in [7, 11) is 3.20. The zero-order valence-electron chi connectivity index (χ0n) is 11.1. The molecule has 0 radical (unpaired) electrons. The van der Waals surface area contributed by atoms with E-state index >= 15 is 0 Å². The van der Waals surface area contributed by atoms with Gasteiger partial charge in [-0.25, -0.2) is 4.99 Å². The topological polar surface area (TPSA) is 56.8 Å². The number of hydrogen-bond acceptors (Lipinski definition) is 3. The second-order valence-corrected chi connectivity index (χ2v) is 4.79. The van der Waals surface area contributed by atoms with Crippen LogP contribution in [0.5, 0.6) is 11.5 Å². The van der Waals surface area contributed by atoms with Crippen molar-refractivity contribution in [1.82, 2.24) is 0 Å². The third kappa shape index (κ3) is 3.37. The van der Waals surface area contributed by atoms with Gasteiger partial charge in [-0.3, -0.25) is 0 Å². The molecule has 2 N–H and O–H groups in total. The predicted molar refractivity (Wildman–Crippen MR) is 70.3 cm³/mol. The summed E-state index contributed by atoms with van der Waals surface area (Å²) in [6.45, 7) is 6.06. The predicted octanol–water partition coefficient (Wildman–Crippen LogP) is 2.74. The quantitative estimate of drug-likeness (QED) is 0.648. The standard InChI is InChI=1S/C13H20N2O2/c1-13(2,3)12(14)15-9-6-7-10(16-4)11(8-9)17-5/h6-8H,1-5H3,(H2,14,15). The van der Waals surface area contributed by atoms with E-state index in [1.807, 2.05) is 32.9 Å². The minimum Gasteiger partial charge on any atom is -0.493 e. The number of methoxy groups -OCH3 is 2. The number of benzene rings is 1. The normalized spacial score (nSPS) is 12.4. The van der Waals surface area contributed by atoms with Crippen LogP contribution in [-0.4, -0.2) is 20.1 Å². The molecule has 94 valence electrons. The lowest BCUT2D eigenvalue weighted by molar-refractivity contribution is 0.355. The van der Waals surface area contributed by atoms with Gasteiger partial charge in [-0.05, 0) is 12.1 Å². The summed E-state index contributed by atoms with van der Waals surface area (Å²) in [4.78, 5) is 4.37. The Morgan fingerprint density at radius 1 is 1.12 bits per heavy atom. The van der Waals surface area contributed by atoms with Crippen LogP contribution in [0, 0.1) is 5.41 Å². The zero-order valence-corrected chi connectivity index (χ0v) is 11.1. The highest BCUT2D eigenvalue weighted by Crippen LogP contribution is 2.31. The molecule has 0 aromatic heterocycles. The first-order valence-electron chi connectivity index (χ1n) is 5.45. The van der Waals surface area contributed by atoms with Gasteiger partial charge in [0.05, 0.1) is 19.9 Å². The Balaban J connectivity index is 3.09. The molecule has 0 saturated heterocycles. The summed E-state index contributed by atoms with van der Waals surface area (Å²) in [5, 5.41) is 0. The van der Waals surface area contributed by atoms with Crippen molar-refractivity contribution in [3.63, 3.8) is 0 Å². The monoisotopic (exact) mass is 236 g/mol. The number of rotatable bonds is 3. The summed E-state index contributed by atoms with van der Waals surface area (Å²) in [6, 6.07) is 5.46. The molecule has 0 spiro atoms. The molecule has 0 atom stereocenters. The smallest absolute Gasteiger partial charge is 0.162 e. The van der Waals surface area contributed by atoms with E-state index in [2.05, 4.69) is 4.99 Å². The Labute approximate surface area is 102 Å². The van der Waals surface area contributed by atoms with Gasteiger partial charge < -0.3 is 15.2 Å². The highest BCUT2D eigenvalue weighted by Gasteiger charge is 2.15. The van der Waals surface area contributed by atoms with Gasteiger partial charge in [-0.2, -0.15) is 0 Å². The lowest BCUT2D eigenvalue weighted by Gasteiger charge is -2.17. The zero-order chi connectivity index (χ0) is 13.1. The molecule has 0 fully saturated rings. The molecular formula is C13H20N2O2. The fraction of sp³-hybridized carbons (Fsp3) is 0.462. The average molecular weight is 236 g/mol. The van der Waals surface area contributed by atoms with E-state index in [1.165, 1.54) is 0 Å². The van der Waals surface area contributed by atoms with Gasteiger partial charge in [-0.1, -0.05) is 20.8 Å². The van der Waals surface area contributed by atoms with Crippen molar-refractivity contribution in [2.75, 3.05) is 14.2 Å². The van der Waals surface area contributed by atoms with E-state index in [0.29, 0.717) is 17.3 Å². The van der Waals surface area contributed by atoms with Gasteiger partial charge in [-0.15, -0.1) is 0 Å². The van der Waals surface area contributed by atoms with Crippen LogP contribution in [0.25, 0.3) is 0 Å². The third-order valence-corrected chi connectivity index (χ3v) is 2.39. The average Bonchev–Trinajstić information content (AvgIpc) is 2.27. The van der Waals surface area contributed by atoms with Crippen molar-refractivity contribution in [1.29, 1.82) is 0 Å². The molecule has 0 amide bonds. The van der Waals surface area contributed by atoms with Crippen molar-refractivity contribution in [2.24, 2.45) is 16.1 Å². The van der Waals surface area contributed by atoms with Crippen LogP contribution in [0.2, 0.25) is 0 Å². The van der Waals surface area contributed by atoms with Crippen LogP contribution in [0.3, 0.4) is 0 Å². The van der Waals surface area contributed by atoms with E-state index in [9.17, 15) is 0 Å². The maximum Gasteiger partial charge on any atom is 0.162 e. The number of nitrogens with zero attached hydrogens (tertiary/aromatic N) is 1. The van der Waals surface area contributed by atoms with Gasteiger partial charge >= 0.3 is 0 Å². The van der Waals surface area contributed by atoms with Crippen LogP contribution in [0.1, 0.15) is 20.8 Å². The second kappa shape index (κ2) is 5.08. The van der Waals surface area contributed by atoms with E-state index in [-0.39, 0.29) is 5.41 Å². The largest absolute Gasteiger partial charge is 0.493 e. The maximum absolute atomic E-state index is 5.92. The minimum atomic E-state index is -0.146. The van der Waals surface area contributed by atoms with Crippen LogP contribution in [-0.2, 0) is 0 Å². The molecule has 1 aromatic carbocycles. The van der Waals surface area contributed by atoms with Crippen molar-refractivity contribution in [3.8, 4) is 11.5 Å². The van der Waals surface area contributed by atoms with Crippen LogP contribution in [0.15, 0.2) is 23.2 Å².